The first-order chi connectivity index (χ1) is 16.1. The Bertz CT molecular complexity index is 1360. The van der Waals surface area contributed by atoms with Crippen LogP contribution in [0.15, 0.2) is 36.8 Å². The number of fused-ring (bicyclic) bond motifs is 3. The SMILES string of the molecule is Cn1nccc1Nc1cc(-c2cc3n(c2)C[C@H](F)Cn2c-3nnc2C(F)(F)C(F)F)c(Cl)cn1. The maximum atomic E-state index is 14.7. The van der Waals surface area contributed by atoms with Crippen LogP contribution in [0.3, 0.4) is 0 Å². The van der Waals surface area contributed by atoms with Gasteiger partial charge in [0.25, 0.3) is 0 Å². The van der Waals surface area contributed by atoms with E-state index in [0.717, 1.165) is 0 Å². The van der Waals surface area contributed by atoms with Gasteiger partial charge in [0.05, 0.1) is 30.0 Å². The summed E-state index contributed by atoms with van der Waals surface area (Å²) in [5.74, 6) is -4.86. The summed E-state index contributed by atoms with van der Waals surface area (Å²) >= 11 is 6.36. The fourth-order valence-corrected chi connectivity index (χ4v) is 4.04. The topological polar surface area (TPSA) is 78.4 Å². The number of anilines is 2. The highest BCUT2D eigenvalue weighted by Crippen LogP contribution is 2.39. The van der Waals surface area contributed by atoms with E-state index in [0.29, 0.717) is 32.4 Å². The second kappa shape index (κ2) is 8.08. The first kappa shape index (κ1) is 22.3. The summed E-state index contributed by atoms with van der Waals surface area (Å²) in [4.78, 5) is 4.24. The molecular formula is C20H16ClF5N8. The van der Waals surface area contributed by atoms with E-state index in [1.165, 1.54) is 10.8 Å². The molecule has 1 aliphatic heterocycles. The van der Waals surface area contributed by atoms with Gasteiger partial charge in [0.2, 0.25) is 5.82 Å². The first-order valence-electron chi connectivity index (χ1n) is 10.0. The van der Waals surface area contributed by atoms with Gasteiger partial charge in [0.15, 0.2) is 5.82 Å². The summed E-state index contributed by atoms with van der Waals surface area (Å²) in [6, 6.07) is 4.98. The number of pyridine rings is 1. The Morgan fingerprint density at radius 2 is 2.00 bits per heavy atom. The number of hydrogen-bond acceptors (Lipinski definition) is 5. The van der Waals surface area contributed by atoms with E-state index in [1.807, 2.05) is 0 Å². The Kier molecular flexibility index (Phi) is 5.30. The van der Waals surface area contributed by atoms with Gasteiger partial charge in [-0.1, -0.05) is 11.6 Å². The quantitative estimate of drug-likeness (QED) is 0.405. The highest BCUT2D eigenvalue weighted by Gasteiger charge is 2.48. The van der Waals surface area contributed by atoms with E-state index in [4.69, 9.17) is 11.6 Å². The summed E-state index contributed by atoms with van der Waals surface area (Å²) in [5.41, 5.74) is 1.30. The lowest BCUT2D eigenvalue weighted by Crippen LogP contribution is -2.29. The van der Waals surface area contributed by atoms with E-state index in [2.05, 4.69) is 25.6 Å². The molecule has 0 aliphatic carbocycles. The van der Waals surface area contributed by atoms with Gasteiger partial charge >= 0.3 is 12.3 Å². The molecular weight excluding hydrogens is 483 g/mol. The van der Waals surface area contributed by atoms with E-state index in [9.17, 15) is 22.0 Å². The van der Waals surface area contributed by atoms with Gasteiger partial charge in [-0.15, -0.1) is 10.2 Å². The predicted molar refractivity (Wildman–Crippen MR) is 113 cm³/mol. The molecule has 0 aromatic carbocycles. The molecule has 0 saturated carbocycles. The molecule has 5 heterocycles. The normalized spacial score (nSPS) is 15.8. The number of hydrogen-bond donors (Lipinski definition) is 1. The number of alkyl halides is 5. The van der Waals surface area contributed by atoms with Crippen molar-refractivity contribution in [2.24, 2.45) is 7.05 Å². The van der Waals surface area contributed by atoms with Gasteiger partial charge in [-0.25, -0.2) is 18.2 Å². The minimum atomic E-state index is -4.57. The molecule has 1 aliphatic rings. The molecule has 178 valence electrons. The fourth-order valence-electron chi connectivity index (χ4n) is 3.83. The van der Waals surface area contributed by atoms with Crippen molar-refractivity contribution >= 4 is 23.2 Å². The third kappa shape index (κ3) is 3.69. The van der Waals surface area contributed by atoms with Crippen molar-refractivity contribution in [1.82, 2.24) is 34.1 Å². The molecule has 0 spiro atoms. The second-order valence-corrected chi connectivity index (χ2v) is 8.17. The Hall–Kier alpha value is -3.48. The van der Waals surface area contributed by atoms with Crippen LogP contribution in [-0.4, -0.2) is 46.7 Å². The van der Waals surface area contributed by atoms with Crippen molar-refractivity contribution in [2.75, 3.05) is 5.32 Å². The molecule has 0 saturated heterocycles. The van der Waals surface area contributed by atoms with E-state index < -0.39 is 30.9 Å². The van der Waals surface area contributed by atoms with Gasteiger partial charge < -0.3 is 14.5 Å². The third-order valence-electron chi connectivity index (χ3n) is 5.47. The summed E-state index contributed by atoms with van der Waals surface area (Å²) in [6.45, 7) is -0.771. The Morgan fingerprint density at radius 3 is 2.71 bits per heavy atom. The van der Waals surface area contributed by atoms with E-state index in [1.54, 1.807) is 42.3 Å². The number of nitrogens with one attached hydrogen (secondary N) is 1. The zero-order valence-electron chi connectivity index (χ0n) is 17.4. The minimum Gasteiger partial charge on any atom is -0.341 e. The molecule has 1 N–H and O–H groups in total. The molecule has 0 amide bonds. The average molecular weight is 499 g/mol. The zero-order chi connectivity index (χ0) is 24.2. The highest BCUT2D eigenvalue weighted by molar-refractivity contribution is 6.33. The van der Waals surface area contributed by atoms with E-state index in [-0.39, 0.29) is 18.1 Å². The lowest BCUT2D eigenvalue weighted by atomic mass is 10.1. The molecule has 4 aromatic rings. The lowest BCUT2D eigenvalue weighted by Gasteiger charge is -2.16. The maximum absolute atomic E-state index is 14.7. The van der Waals surface area contributed by atoms with Gasteiger partial charge in [-0.3, -0.25) is 4.68 Å². The van der Waals surface area contributed by atoms with Crippen molar-refractivity contribution in [1.29, 1.82) is 0 Å². The number of rotatable bonds is 5. The van der Waals surface area contributed by atoms with Gasteiger partial charge in [-0.2, -0.15) is 13.9 Å². The lowest BCUT2D eigenvalue weighted by molar-refractivity contribution is -0.143. The molecule has 0 unspecified atom stereocenters. The summed E-state index contributed by atoms with van der Waals surface area (Å²) < 4.78 is 72.5. The van der Waals surface area contributed by atoms with Crippen molar-refractivity contribution in [2.45, 2.75) is 31.6 Å². The van der Waals surface area contributed by atoms with Crippen LogP contribution in [0.25, 0.3) is 22.6 Å². The molecule has 0 radical (unpaired) electrons. The predicted octanol–water partition coefficient (Wildman–Crippen LogP) is 4.65. The van der Waals surface area contributed by atoms with Crippen molar-refractivity contribution in [3.05, 3.63) is 47.6 Å². The van der Waals surface area contributed by atoms with Crippen LogP contribution in [0.2, 0.25) is 5.02 Å². The number of halogens is 6. The van der Waals surface area contributed by atoms with Gasteiger partial charge in [0.1, 0.15) is 17.8 Å². The van der Waals surface area contributed by atoms with Crippen molar-refractivity contribution in [3.63, 3.8) is 0 Å². The molecule has 34 heavy (non-hydrogen) atoms. The standard InChI is InChI=1S/C20H16ClF5N8/c1-32-16(2-3-28-32)29-15-5-12(13(21)6-27-15)10-4-14-17-30-31-19(20(25,26)18(23)24)34(17)9-11(22)8-33(14)7-10/h2-7,11,18H,8-9H2,1H3,(H,27,29)/t11-/m0/s1. The summed E-state index contributed by atoms with van der Waals surface area (Å²) in [7, 11) is 1.75. The van der Waals surface area contributed by atoms with Gasteiger partial charge in [-0.05, 0) is 12.1 Å². The fraction of sp³-hybridized carbons (Fsp3) is 0.300. The average Bonchev–Trinajstić information content (AvgIpc) is 3.47. The summed E-state index contributed by atoms with van der Waals surface area (Å²) in [5, 5.41) is 14.4. The summed E-state index contributed by atoms with van der Waals surface area (Å²) in [6.07, 6.45) is -1.02. The second-order valence-electron chi connectivity index (χ2n) is 7.76. The van der Waals surface area contributed by atoms with E-state index >= 15 is 0 Å². The van der Waals surface area contributed by atoms with Crippen LogP contribution in [0.5, 0.6) is 0 Å². The van der Waals surface area contributed by atoms with Crippen LogP contribution in [0, 0.1) is 0 Å². The van der Waals surface area contributed by atoms with Gasteiger partial charge in [0, 0.05) is 36.6 Å². The molecule has 5 rings (SSSR count). The smallest absolute Gasteiger partial charge is 0.341 e. The molecule has 8 nitrogen and oxygen atoms in total. The molecule has 0 fully saturated rings. The van der Waals surface area contributed by atoms with Crippen LogP contribution in [0.4, 0.5) is 33.6 Å². The van der Waals surface area contributed by atoms with Crippen molar-refractivity contribution < 1.29 is 22.0 Å². The number of aromatic nitrogens is 7. The largest absolute Gasteiger partial charge is 0.365 e. The van der Waals surface area contributed by atoms with Crippen LogP contribution >= 0.6 is 11.6 Å². The van der Waals surface area contributed by atoms with Crippen LogP contribution in [0.1, 0.15) is 5.82 Å². The molecule has 14 heteroatoms. The minimum absolute atomic E-state index is 0.139. The molecule has 0 bridgehead atoms. The monoisotopic (exact) mass is 498 g/mol. The maximum Gasteiger partial charge on any atom is 0.365 e. The first-order valence-corrected chi connectivity index (χ1v) is 10.4. The van der Waals surface area contributed by atoms with Crippen molar-refractivity contribution in [3.8, 4) is 22.6 Å². The molecule has 1 atom stereocenters. The molecule has 4 aromatic heterocycles. The zero-order valence-corrected chi connectivity index (χ0v) is 18.2. The van der Waals surface area contributed by atoms with Crippen LogP contribution < -0.4 is 5.32 Å². The highest BCUT2D eigenvalue weighted by atomic mass is 35.5. The van der Waals surface area contributed by atoms with Crippen LogP contribution in [-0.2, 0) is 26.1 Å². The Labute approximate surface area is 194 Å². The Morgan fingerprint density at radius 1 is 1.21 bits per heavy atom. The number of aryl methyl sites for hydroxylation is 1. The third-order valence-corrected chi connectivity index (χ3v) is 5.77. The number of nitrogens with zero attached hydrogens (tertiary/aromatic N) is 7. The Balaban J connectivity index is 1.57.